The molecule has 9 nitrogen and oxygen atoms in total. The van der Waals surface area contributed by atoms with Gasteiger partial charge in [-0.1, -0.05) is 26.0 Å². The zero-order valence-electron chi connectivity index (χ0n) is 20.3. The van der Waals surface area contributed by atoms with Crippen molar-refractivity contribution in [2.75, 3.05) is 43.3 Å². The van der Waals surface area contributed by atoms with E-state index < -0.39 is 26.0 Å². The predicted octanol–water partition coefficient (Wildman–Crippen LogP) is 2.56. The van der Waals surface area contributed by atoms with Crippen molar-refractivity contribution >= 4 is 31.6 Å². The maximum atomic E-state index is 12.6. The SMILES string of the molecule is CC(C)c1ccc(N(CC(=O)NCCOc2ccc(S(=O)(=O)N3CCCC3)cc2)S(C)(=O)=O)cc1. The smallest absolute Gasteiger partial charge is 0.243 e. The van der Waals surface area contributed by atoms with Gasteiger partial charge in [0.2, 0.25) is 26.0 Å². The molecule has 1 fully saturated rings. The van der Waals surface area contributed by atoms with Crippen LogP contribution >= 0.6 is 0 Å². The molecule has 0 atom stereocenters. The van der Waals surface area contributed by atoms with Gasteiger partial charge >= 0.3 is 0 Å². The van der Waals surface area contributed by atoms with Gasteiger partial charge in [-0.15, -0.1) is 0 Å². The Hall–Kier alpha value is -2.63. The largest absolute Gasteiger partial charge is 0.492 e. The number of benzene rings is 2. The molecule has 0 saturated carbocycles. The lowest BCUT2D eigenvalue weighted by Gasteiger charge is -2.22. The van der Waals surface area contributed by atoms with Crippen molar-refractivity contribution in [3.8, 4) is 5.75 Å². The lowest BCUT2D eigenvalue weighted by Crippen LogP contribution is -2.41. The van der Waals surface area contributed by atoms with Crippen LogP contribution in [0, 0.1) is 0 Å². The van der Waals surface area contributed by atoms with E-state index in [4.69, 9.17) is 4.74 Å². The lowest BCUT2D eigenvalue weighted by molar-refractivity contribution is -0.119. The Balaban J connectivity index is 1.50. The lowest BCUT2D eigenvalue weighted by atomic mass is 10.0. The normalized spacial score (nSPS) is 14.7. The van der Waals surface area contributed by atoms with Gasteiger partial charge < -0.3 is 10.1 Å². The minimum Gasteiger partial charge on any atom is -0.492 e. The summed E-state index contributed by atoms with van der Waals surface area (Å²) in [6.07, 6.45) is 2.81. The number of carbonyl (C=O) groups excluding carboxylic acids is 1. The van der Waals surface area contributed by atoms with Gasteiger partial charge in [0.1, 0.15) is 18.9 Å². The number of anilines is 1. The fourth-order valence-corrected chi connectivity index (χ4v) is 6.13. The third-order valence-electron chi connectivity index (χ3n) is 5.75. The van der Waals surface area contributed by atoms with E-state index in [0.717, 1.165) is 29.0 Å². The van der Waals surface area contributed by atoms with Crippen LogP contribution in [0.2, 0.25) is 0 Å². The number of hydrogen-bond acceptors (Lipinski definition) is 6. The Kier molecular flexibility index (Phi) is 8.79. The van der Waals surface area contributed by atoms with E-state index in [9.17, 15) is 21.6 Å². The summed E-state index contributed by atoms with van der Waals surface area (Å²) in [4.78, 5) is 12.6. The van der Waals surface area contributed by atoms with Crippen molar-refractivity contribution in [2.24, 2.45) is 0 Å². The van der Waals surface area contributed by atoms with Crippen molar-refractivity contribution < 1.29 is 26.4 Å². The molecule has 0 bridgehead atoms. The van der Waals surface area contributed by atoms with Crippen molar-refractivity contribution in [1.29, 1.82) is 0 Å². The standard InChI is InChI=1S/C24H33N3O6S2/c1-19(2)20-6-8-21(9-7-20)27(34(3,29)30)18-24(28)25-14-17-33-22-10-12-23(13-11-22)35(31,32)26-15-4-5-16-26/h6-13,19H,4-5,14-18H2,1-3H3,(H,25,28). The molecule has 0 radical (unpaired) electrons. The number of rotatable bonds is 11. The second kappa shape index (κ2) is 11.4. The molecule has 1 saturated heterocycles. The van der Waals surface area contributed by atoms with E-state index in [1.165, 1.54) is 16.4 Å². The summed E-state index contributed by atoms with van der Waals surface area (Å²) in [6.45, 7) is 5.14. The Morgan fingerprint density at radius 2 is 1.60 bits per heavy atom. The Morgan fingerprint density at radius 1 is 1.00 bits per heavy atom. The van der Waals surface area contributed by atoms with Gasteiger partial charge in [0.25, 0.3) is 0 Å². The van der Waals surface area contributed by atoms with Crippen LogP contribution in [-0.4, -0.2) is 66.1 Å². The number of ether oxygens (including phenoxy) is 1. The highest BCUT2D eigenvalue weighted by Crippen LogP contribution is 2.23. The summed E-state index contributed by atoms with van der Waals surface area (Å²) < 4.78 is 57.8. The fourth-order valence-electron chi connectivity index (χ4n) is 3.76. The highest BCUT2D eigenvalue weighted by Gasteiger charge is 2.27. The summed E-state index contributed by atoms with van der Waals surface area (Å²) in [5.41, 5.74) is 1.50. The number of carbonyl (C=O) groups is 1. The minimum absolute atomic E-state index is 0.145. The average Bonchev–Trinajstić information content (AvgIpc) is 3.36. The highest BCUT2D eigenvalue weighted by atomic mass is 32.2. The van der Waals surface area contributed by atoms with Gasteiger partial charge in [-0.25, -0.2) is 16.8 Å². The van der Waals surface area contributed by atoms with Crippen LogP contribution in [-0.2, 0) is 24.8 Å². The summed E-state index contributed by atoms with van der Waals surface area (Å²) >= 11 is 0. The molecule has 35 heavy (non-hydrogen) atoms. The second-order valence-corrected chi connectivity index (χ2v) is 12.6. The van der Waals surface area contributed by atoms with Gasteiger partial charge in [-0.05, 0) is 60.7 Å². The second-order valence-electron chi connectivity index (χ2n) is 8.80. The molecule has 0 aliphatic carbocycles. The van der Waals surface area contributed by atoms with Crippen molar-refractivity contribution in [1.82, 2.24) is 9.62 Å². The number of nitrogens with zero attached hydrogens (tertiary/aromatic N) is 2. The van der Waals surface area contributed by atoms with E-state index in [1.54, 1.807) is 24.3 Å². The monoisotopic (exact) mass is 523 g/mol. The number of hydrogen-bond donors (Lipinski definition) is 1. The first-order valence-corrected chi connectivity index (χ1v) is 14.8. The van der Waals surface area contributed by atoms with Crippen LogP contribution < -0.4 is 14.4 Å². The summed E-state index contributed by atoms with van der Waals surface area (Å²) in [5, 5.41) is 2.65. The molecular formula is C24H33N3O6S2. The molecule has 1 amide bonds. The molecule has 0 spiro atoms. The van der Waals surface area contributed by atoms with Crippen LogP contribution in [0.1, 0.15) is 38.2 Å². The third-order valence-corrected chi connectivity index (χ3v) is 8.81. The Bertz CT molecular complexity index is 1200. The van der Waals surface area contributed by atoms with Crippen LogP contribution in [0.3, 0.4) is 0 Å². The maximum Gasteiger partial charge on any atom is 0.243 e. The van der Waals surface area contributed by atoms with Gasteiger partial charge in [-0.3, -0.25) is 9.10 Å². The molecular weight excluding hydrogens is 490 g/mol. The number of sulfonamides is 2. The molecule has 192 valence electrons. The van der Waals surface area contributed by atoms with E-state index in [1.807, 2.05) is 26.0 Å². The average molecular weight is 524 g/mol. The van der Waals surface area contributed by atoms with Gasteiger partial charge in [0.15, 0.2) is 0 Å². The highest BCUT2D eigenvalue weighted by molar-refractivity contribution is 7.92. The molecule has 1 N–H and O–H groups in total. The first-order chi connectivity index (χ1) is 16.5. The summed E-state index contributed by atoms with van der Waals surface area (Å²) in [6, 6.07) is 13.3. The first kappa shape index (κ1) is 27.0. The predicted molar refractivity (Wildman–Crippen MR) is 136 cm³/mol. The van der Waals surface area contributed by atoms with Crippen LogP contribution in [0.4, 0.5) is 5.69 Å². The molecule has 2 aromatic carbocycles. The van der Waals surface area contributed by atoms with E-state index in [-0.39, 0.29) is 24.6 Å². The molecule has 3 rings (SSSR count). The molecule has 1 heterocycles. The van der Waals surface area contributed by atoms with E-state index >= 15 is 0 Å². The van der Waals surface area contributed by atoms with Crippen LogP contribution in [0.15, 0.2) is 53.4 Å². The molecule has 11 heteroatoms. The number of amides is 1. The van der Waals surface area contributed by atoms with Crippen molar-refractivity contribution in [3.05, 3.63) is 54.1 Å². The third kappa shape index (κ3) is 7.18. The molecule has 2 aromatic rings. The molecule has 1 aliphatic heterocycles. The van der Waals surface area contributed by atoms with Gasteiger partial charge in [0.05, 0.1) is 23.4 Å². The van der Waals surface area contributed by atoms with Crippen molar-refractivity contribution in [3.63, 3.8) is 0 Å². The zero-order valence-corrected chi connectivity index (χ0v) is 21.9. The van der Waals surface area contributed by atoms with Crippen LogP contribution in [0.5, 0.6) is 5.75 Å². The van der Waals surface area contributed by atoms with E-state index in [0.29, 0.717) is 30.4 Å². The van der Waals surface area contributed by atoms with E-state index in [2.05, 4.69) is 5.32 Å². The topological polar surface area (TPSA) is 113 Å². The van der Waals surface area contributed by atoms with Crippen LogP contribution in [0.25, 0.3) is 0 Å². The molecule has 0 unspecified atom stereocenters. The Morgan fingerprint density at radius 3 is 2.14 bits per heavy atom. The quantitative estimate of drug-likeness (QED) is 0.453. The van der Waals surface area contributed by atoms with Gasteiger partial charge in [0, 0.05) is 13.1 Å². The zero-order chi connectivity index (χ0) is 25.6. The first-order valence-electron chi connectivity index (χ1n) is 11.6. The summed E-state index contributed by atoms with van der Waals surface area (Å²) in [5.74, 6) is 0.325. The molecule has 0 aromatic heterocycles. The maximum absolute atomic E-state index is 12.6. The van der Waals surface area contributed by atoms with Crippen molar-refractivity contribution in [2.45, 2.75) is 37.5 Å². The molecule has 1 aliphatic rings. The Labute approximate surface area is 208 Å². The van der Waals surface area contributed by atoms with Gasteiger partial charge in [-0.2, -0.15) is 4.31 Å². The summed E-state index contributed by atoms with van der Waals surface area (Å²) in [7, 11) is -7.13. The fraction of sp³-hybridized carbons (Fsp3) is 0.458. The number of nitrogens with one attached hydrogen (secondary N) is 1. The minimum atomic E-state index is -3.65.